The lowest BCUT2D eigenvalue weighted by Crippen LogP contribution is -2.20. The fourth-order valence-electron chi connectivity index (χ4n) is 6.17. The fraction of sp³-hybridized carbons (Fsp3) is 0.294. The van der Waals surface area contributed by atoms with Crippen LogP contribution in [0.2, 0.25) is 0 Å². The number of imidazole rings is 1. The number of nitrogens with zero attached hydrogens (tertiary/aromatic N) is 6. The van der Waals surface area contributed by atoms with Crippen LogP contribution < -0.4 is 0 Å². The highest BCUT2D eigenvalue weighted by atomic mass is 19.1. The fourth-order valence-corrected chi connectivity index (χ4v) is 6.17. The molecule has 9 heteroatoms. The van der Waals surface area contributed by atoms with Gasteiger partial charge >= 0.3 is 0 Å². The van der Waals surface area contributed by atoms with Gasteiger partial charge in [-0.2, -0.15) is 5.10 Å². The van der Waals surface area contributed by atoms with Gasteiger partial charge in [0.2, 0.25) is 0 Å². The minimum absolute atomic E-state index is 0.252. The van der Waals surface area contributed by atoms with Gasteiger partial charge in [-0.3, -0.25) is 15.1 Å². The smallest absolute Gasteiger partial charge is 0.159 e. The molecule has 5 heterocycles. The number of aromatic nitrogens is 6. The molecule has 0 atom stereocenters. The molecule has 1 saturated heterocycles. The summed E-state index contributed by atoms with van der Waals surface area (Å²) in [6.07, 6.45) is 9.94. The van der Waals surface area contributed by atoms with Gasteiger partial charge in [0.05, 0.1) is 16.7 Å². The number of aromatic amines is 2. The van der Waals surface area contributed by atoms with Gasteiger partial charge in [0, 0.05) is 41.6 Å². The molecule has 1 fully saturated rings. The van der Waals surface area contributed by atoms with E-state index in [2.05, 4.69) is 73.3 Å². The first kappa shape index (κ1) is 27.4. The predicted molar refractivity (Wildman–Crippen MR) is 169 cm³/mol. The van der Waals surface area contributed by atoms with E-state index in [4.69, 9.17) is 4.98 Å². The minimum Gasteiger partial charge on any atom is -0.336 e. The first-order chi connectivity index (χ1) is 21.0. The zero-order valence-corrected chi connectivity index (χ0v) is 24.6. The van der Waals surface area contributed by atoms with Crippen molar-refractivity contribution in [1.82, 2.24) is 39.9 Å². The van der Waals surface area contributed by atoms with E-state index in [1.54, 1.807) is 18.3 Å². The monoisotopic (exact) mass is 574 g/mol. The molecule has 0 saturated carbocycles. The summed E-state index contributed by atoms with van der Waals surface area (Å²) in [5, 5.41) is 8.73. The molecule has 0 spiro atoms. The number of fused-ring (bicyclic) bond motifs is 2. The summed E-state index contributed by atoms with van der Waals surface area (Å²) in [5.74, 6) is 0.382. The lowest BCUT2D eigenvalue weighted by Gasteiger charge is -2.14. The van der Waals surface area contributed by atoms with E-state index in [0.29, 0.717) is 17.0 Å². The number of halogens is 1. The van der Waals surface area contributed by atoms with Crippen molar-refractivity contribution in [3.8, 4) is 33.9 Å². The second-order valence-corrected chi connectivity index (χ2v) is 11.8. The zero-order valence-electron chi connectivity index (χ0n) is 24.6. The summed E-state index contributed by atoms with van der Waals surface area (Å²) in [6.45, 7) is 4.23. The Balaban J connectivity index is 1.21. The van der Waals surface area contributed by atoms with E-state index < -0.39 is 0 Å². The number of H-pyrrole nitrogens is 2. The average molecular weight is 575 g/mol. The van der Waals surface area contributed by atoms with Crippen molar-refractivity contribution in [3.63, 3.8) is 0 Å². The van der Waals surface area contributed by atoms with Crippen LogP contribution in [0.25, 0.3) is 55.8 Å². The molecule has 0 radical (unpaired) electrons. The van der Waals surface area contributed by atoms with Crippen molar-refractivity contribution >= 4 is 21.9 Å². The van der Waals surface area contributed by atoms with Crippen LogP contribution in [0.3, 0.4) is 0 Å². The lowest BCUT2D eigenvalue weighted by molar-refractivity contribution is 0.334. The number of hydrogen-bond acceptors (Lipinski definition) is 6. The quantitative estimate of drug-likeness (QED) is 0.206. The molecule has 43 heavy (non-hydrogen) atoms. The highest BCUT2D eigenvalue weighted by Crippen LogP contribution is 2.33. The molecule has 8 nitrogen and oxygen atoms in total. The van der Waals surface area contributed by atoms with Gasteiger partial charge in [-0.1, -0.05) is 6.07 Å². The van der Waals surface area contributed by atoms with Crippen molar-refractivity contribution in [2.45, 2.75) is 32.2 Å². The molecule has 7 rings (SSSR count). The lowest BCUT2D eigenvalue weighted by atomic mass is 10.0. The number of benzene rings is 2. The Morgan fingerprint density at radius 3 is 2.60 bits per heavy atom. The molecule has 1 aliphatic rings. The number of nitrogens with one attached hydrogen (secondary N) is 2. The summed E-state index contributed by atoms with van der Waals surface area (Å²) in [4.78, 5) is 22.1. The molecular weight excluding hydrogens is 539 g/mol. The Kier molecular flexibility index (Phi) is 7.42. The third-order valence-corrected chi connectivity index (χ3v) is 8.18. The summed E-state index contributed by atoms with van der Waals surface area (Å²) in [5.41, 5.74) is 8.79. The number of rotatable bonds is 9. The molecule has 0 unspecified atom stereocenters. The SMILES string of the molecule is CN(C)Cc1cncc(-c2ccc3[nH]nc(-c4nc5c(-c6cc(F)cc(CCCN7CCCC7)c6)nccc5[nH]4)c3c2)c1. The van der Waals surface area contributed by atoms with E-state index in [-0.39, 0.29) is 5.82 Å². The van der Waals surface area contributed by atoms with E-state index in [0.717, 1.165) is 75.9 Å². The van der Waals surface area contributed by atoms with Crippen molar-refractivity contribution in [1.29, 1.82) is 0 Å². The Morgan fingerprint density at radius 1 is 0.884 bits per heavy atom. The molecule has 0 aliphatic carbocycles. The van der Waals surface area contributed by atoms with Crippen LogP contribution in [0, 0.1) is 5.82 Å². The minimum atomic E-state index is -0.252. The first-order valence-corrected chi connectivity index (χ1v) is 14.9. The van der Waals surface area contributed by atoms with Crippen molar-refractivity contribution < 1.29 is 4.39 Å². The topological polar surface area (TPSA) is 89.6 Å². The Hall–Kier alpha value is -4.47. The zero-order chi connectivity index (χ0) is 29.3. The number of hydrogen-bond donors (Lipinski definition) is 2. The van der Waals surface area contributed by atoms with Gasteiger partial charge in [0.25, 0.3) is 0 Å². The third-order valence-electron chi connectivity index (χ3n) is 8.18. The second-order valence-electron chi connectivity index (χ2n) is 11.8. The standard InChI is InChI=1S/C34H35FN8/c1-42(2)21-23-15-26(20-36-19-23)24-7-8-29-28(18-24)32(41-40-29)34-38-30-9-10-37-31(33(30)39-34)25-14-22(16-27(35)17-25)6-5-13-43-11-3-4-12-43/h7-10,14-20H,3-6,11-13,21H2,1-2H3,(H,38,39)(H,40,41). The van der Waals surface area contributed by atoms with Gasteiger partial charge in [-0.25, -0.2) is 9.37 Å². The van der Waals surface area contributed by atoms with E-state index in [9.17, 15) is 4.39 Å². The highest BCUT2D eigenvalue weighted by molar-refractivity contribution is 5.97. The van der Waals surface area contributed by atoms with Crippen LogP contribution in [0.1, 0.15) is 30.4 Å². The maximum atomic E-state index is 14.8. The maximum Gasteiger partial charge on any atom is 0.159 e. The van der Waals surface area contributed by atoms with Crippen molar-refractivity contribution in [3.05, 3.63) is 84.1 Å². The van der Waals surface area contributed by atoms with Gasteiger partial charge in [-0.15, -0.1) is 0 Å². The van der Waals surface area contributed by atoms with Crippen LogP contribution in [0.5, 0.6) is 0 Å². The van der Waals surface area contributed by atoms with Crippen LogP contribution in [-0.2, 0) is 13.0 Å². The molecule has 218 valence electrons. The van der Waals surface area contributed by atoms with Crippen molar-refractivity contribution in [2.24, 2.45) is 0 Å². The number of likely N-dealkylation sites (tertiary alicyclic amines) is 1. The largest absolute Gasteiger partial charge is 0.336 e. The summed E-state index contributed by atoms with van der Waals surface area (Å²) >= 11 is 0. The van der Waals surface area contributed by atoms with Crippen LogP contribution >= 0.6 is 0 Å². The molecular formula is C34H35FN8. The Bertz CT molecular complexity index is 1900. The molecule has 0 amide bonds. The molecule has 2 N–H and O–H groups in total. The highest BCUT2D eigenvalue weighted by Gasteiger charge is 2.18. The maximum absolute atomic E-state index is 14.8. The average Bonchev–Trinajstić information content (AvgIpc) is 3.76. The normalized spacial score (nSPS) is 14.0. The third kappa shape index (κ3) is 5.78. The first-order valence-electron chi connectivity index (χ1n) is 14.9. The Labute approximate surface area is 250 Å². The van der Waals surface area contributed by atoms with E-state index in [1.807, 2.05) is 24.5 Å². The molecule has 6 aromatic rings. The number of pyridine rings is 2. The second kappa shape index (κ2) is 11.7. The summed E-state index contributed by atoms with van der Waals surface area (Å²) in [6, 6.07) is 15.6. The predicted octanol–water partition coefficient (Wildman–Crippen LogP) is 6.46. The molecule has 1 aliphatic heterocycles. The Morgan fingerprint density at radius 2 is 1.74 bits per heavy atom. The molecule has 4 aromatic heterocycles. The van der Waals surface area contributed by atoms with E-state index >= 15 is 0 Å². The summed E-state index contributed by atoms with van der Waals surface area (Å²) in [7, 11) is 4.10. The number of aryl methyl sites for hydroxylation is 1. The van der Waals surface area contributed by atoms with Crippen LogP contribution in [0.4, 0.5) is 4.39 Å². The van der Waals surface area contributed by atoms with Gasteiger partial charge in [0.1, 0.15) is 17.0 Å². The summed E-state index contributed by atoms with van der Waals surface area (Å²) < 4.78 is 14.8. The van der Waals surface area contributed by atoms with Gasteiger partial charge < -0.3 is 14.8 Å². The molecule has 0 bridgehead atoms. The van der Waals surface area contributed by atoms with Crippen LogP contribution in [-0.4, -0.2) is 73.7 Å². The van der Waals surface area contributed by atoms with Crippen molar-refractivity contribution in [2.75, 3.05) is 33.7 Å². The van der Waals surface area contributed by atoms with Crippen LogP contribution in [0.15, 0.2) is 67.1 Å². The molecule has 2 aromatic carbocycles. The van der Waals surface area contributed by atoms with E-state index in [1.165, 1.54) is 25.9 Å². The van der Waals surface area contributed by atoms with Gasteiger partial charge in [0.15, 0.2) is 5.82 Å². The van der Waals surface area contributed by atoms with Gasteiger partial charge in [-0.05, 0) is 119 Å².